The Hall–Kier alpha value is -1.36. The Kier molecular flexibility index (Phi) is 6.32. The van der Waals surface area contributed by atoms with Gasteiger partial charge in [0, 0.05) is 13.1 Å². The Bertz CT molecular complexity index is 319. The standard InChI is InChI=1S/C12H22N4O/c1-3-7-16(8-5-6-13)11-9-14-10-12(15-11)17-4-2/h9-10H,3-8,13H2,1-2H3. The summed E-state index contributed by atoms with van der Waals surface area (Å²) in [4.78, 5) is 10.8. The first-order valence-electron chi connectivity index (χ1n) is 6.21. The molecule has 0 aliphatic rings. The van der Waals surface area contributed by atoms with Crippen LogP contribution in [0.5, 0.6) is 5.88 Å². The van der Waals surface area contributed by atoms with Crippen LogP contribution >= 0.6 is 0 Å². The van der Waals surface area contributed by atoms with Crippen molar-refractivity contribution in [3.05, 3.63) is 12.4 Å². The summed E-state index contributed by atoms with van der Waals surface area (Å²) >= 11 is 0. The highest BCUT2D eigenvalue weighted by Gasteiger charge is 2.08. The average Bonchev–Trinajstić information content (AvgIpc) is 2.35. The number of hydrogen-bond donors (Lipinski definition) is 1. The lowest BCUT2D eigenvalue weighted by atomic mass is 10.3. The van der Waals surface area contributed by atoms with Crippen LogP contribution in [0, 0.1) is 0 Å². The van der Waals surface area contributed by atoms with E-state index in [1.807, 2.05) is 6.92 Å². The first-order chi connectivity index (χ1) is 8.31. The quantitative estimate of drug-likeness (QED) is 0.742. The van der Waals surface area contributed by atoms with Gasteiger partial charge in [0.15, 0.2) is 5.82 Å². The van der Waals surface area contributed by atoms with Crippen LogP contribution in [0.25, 0.3) is 0 Å². The van der Waals surface area contributed by atoms with E-state index in [1.54, 1.807) is 12.4 Å². The maximum absolute atomic E-state index is 5.54. The molecule has 0 aliphatic carbocycles. The maximum atomic E-state index is 5.54. The number of nitrogens with zero attached hydrogens (tertiary/aromatic N) is 3. The molecule has 0 fully saturated rings. The molecule has 0 aromatic carbocycles. The lowest BCUT2D eigenvalue weighted by Crippen LogP contribution is -2.28. The van der Waals surface area contributed by atoms with Gasteiger partial charge in [-0.15, -0.1) is 0 Å². The largest absolute Gasteiger partial charge is 0.477 e. The van der Waals surface area contributed by atoms with Crippen LogP contribution in [-0.2, 0) is 0 Å². The van der Waals surface area contributed by atoms with Gasteiger partial charge in [0.05, 0.1) is 19.0 Å². The van der Waals surface area contributed by atoms with Gasteiger partial charge >= 0.3 is 0 Å². The number of nitrogens with two attached hydrogens (primary N) is 1. The molecule has 5 heteroatoms. The molecule has 1 rings (SSSR count). The summed E-state index contributed by atoms with van der Waals surface area (Å²) in [5.41, 5.74) is 5.54. The van der Waals surface area contributed by atoms with Crippen molar-refractivity contribution in [3.8, 4) is 5.88 Å². The smallest absolute Gasteiger partial charge is 0.234 e. The van der Waals surface area contributed by atoms with E-state index in [9.17, 15) is 0 Å². The Morgan fingerprint density at radius 2 is 2.12 bits per heavy atom. The number of hydrogen-bond acceptors (Lipinski definition) is 5. The third-order valence-electron chi connectivity index (χ3n) is 2.34. The lowest BCUT2D eigenvalue weighted by molar-refractivity contribution is 0.325. The van der Waals surface area contributed by atoms with Crippen LogP contribution < -0.4 is 15.4 Å². The molecule has 0 saturated carbocycles. The van der Waals surface area contributed by atoms with E-state index in [2.05, 4.69) is 21.8 Å². The van der Waals surface area contributed by atoms with Crippen LogP contribution in [0.15, 0.2) is 12.4 Å². The van der Waals surface area contributed by atoms with Gasteiger partial charge in [0.25, 0.3) is 0 Å². The molecule has 1 heterocycles. The summed E-state index contributed by atoms with van der Waals surface area (Å²) in [5, 5.41) is 0. The molecule has 0 bridgehead atoms. The minimum absolute atomic E-state index is 0.582. The van der Waals surface area contributed by atoms with Crippen LogP contribution in [0.4, 0.5) is 5.82 Å². The molecule has 2 N–H and O–H groups in total. The minimum Gasteiger partial charge on any atom is -0.477 e. The zero-order chi connectivity index (χ0) is 12.5. The van der Waals surface area contributed by atoms with E-state index in [1.165, 1.54) is 0 Å². The molecule has 0 saturated heterocycles. The molecule has 1 aromatic heterocycles. The molecule has 1 aromatic rings. The third kappa shape index (κ3) is 4.56. The molecular formula is C12H22N4O. The Morgan fingerprint density at radius 1 is 1.29 bits per heavy atom. The second-order valence-electron chi connectivity index (χ2n) is 3.78. The summed E-state index contributed by atoms with van der Waals surface area (Å²) < 4.78 is 5.35. The van der Waals surface area contributed by atoms with Gasteiger partial charge in [0.1, 0.15) is 0 Å². The van der Waals surface area contributed by atoms with E-state index >= 15 is 0 Å². The molecule has 0 radical (unpaired) electrons. The van der Waals surface area contributed by atoms with Crippen LogP contribution in [0.2, 0.25) is 0 Å². The number of anilines is 1. The van der Waals surface area contributed by atoms with Crippen molar-refractivity contribution < 1.29 is 4.74 Å². The van der Waals surface area contributed by atoms with Gasteiger partial charge in [-0.05, 0) is 26.3 Å². The first-order valence-corrected chi connectivity index (χ1v) is 6.21. The van der Waals surface area contributed by atoms with Crippen molar-refractivity contribution in [2.45, 2.75) is 26.7 Å². The van der Waals surface area contributed by atoms with Gasteiger partial charge < -0.3 is 15.4 Å². The molecule has 0 atom stereocenters. The van der Waals surface area contributed by atoms with Gasteiger partial charge in [-0.2, -0.15) is 4.98 Å². The monoisotopic (exact) mass is 238 g/mol. The molecule has 5 nitrogen and oxygen atoms in total. The van der Waals surface area contributed by atoms with Crippen molar-refractivity contribution in [2.24, 2.45) is 5.73 Å². The van der Waals surface area contributed by atoms with Crippen molar-refractivity contribution >= 4 is 5.82 Å². The predicted octanol–water partition coefficient (Wildman–Crippen LogP) is 1.44. The van der Waals surface area contributed by atoms with Gasteiger partial charge in [-0.1, -0.05) is 6.92 Å². The van der Waals surface area contributed by atoms with E-state index in [0.717, 1.165) is 31.7 Å². The molecule has 0 amide bonds. The normalized spacial score (nSPS) is 10.3. The van der Waals surface area contributed by atoms with Crippen LogP contribution in [0.3, 0.4) is 0 Å². The SMILES string of the molecule is CCCN(CCCN)c1cncc(OCC)n1. The van der Waals surface area contributed by atoms with Crippen LogP contribution in [-0.4, -0.2) is 36.2 Å². The summed E-state index contributed by atoms with van der Waals surface area (Å²) in [6.07, 6.45) is 5.44. The minimum atomic E-state index is 0.582. The van der Waals surface area contributed by atoms with Gasteiger partial charge in [-0.25, -0.2) is 0 Å². The lowest BCUT2D eigenvalue weighted by Gasteiger charge is -2.22. The highest BCUT2D eigenvalue weighted by molar-refractivity contribution is 5.37. The summed E-state index contributed by atoms with van der Waals surface area (Å²) in [5.74, 6) is 1.45. The van der Waals surface area contributed by atoms with E-state index in [-0.39, 0.29) is 0 Å². The molecule has 17 heavy (non-hydrogen) atoms. The van der Waals surface area contributed by atoms with Gasteiger partial charge in [-0.3, -0.25) is 4.98 Å². The van der Waals surface area contributed by atoms with Crippen molar-refractivity contribution in [1.82, 2.24) is 9.97 Å². The highest BCUT2D eigenvalue weighted by Crippen LogP contribution is 2.14. The van der Waals surface area contributed by atoms with E-state index in [4.69, 9.17) is 10.5 Å². The van der Waals surface area contributed by atoms with E-state index in [0.29, 0.717) is 19.0 Å². The van der Waals surface area contributed by atoms with Crippen LogP contribution in [0.1, 0.15) is 26.7 Å². The second-order valence-corrected chi connectivity index (χ2v) is 3.78. The summed E-state index contributed by atoms with van der Waals surface area (Å²) in [7, 11) is 0. The Balaban J connectivity index is 2.73. The maximum Gasteiger partial charge on any atom is 0.234 e. The zero-order valence-electron chi connectivity index (χ0n) is 10.7. The molecule has 0 unspecified atom stereocenters. The Morgan fingerprint density at radius 3 is 2.76 bits per heavy atom. The fraction of sp³-hybridized carbons (Fsp3) is 0.667. The molecule has 96 valence electrons. The third-order valence-corrected chi connectivity index (χ3v) is 2.34. The number of ether oxygens (including phenoxy) is 1. The number of aromatic nitrogens is 2. The first kappa shape index (κ1) is 13.7. The highest BCUT2D eigenvalue weighted by atomic mass is 16.5. The average molecular weight is 238 g/mol. The van der Waals surface area contributed by atoms with Crippen molar-refractivity contribution in [2.75, 3.05) is 31.1 Å². The fourth-order valence-electron chi connectivity index (χ4n) is 1.60. The Labute approximate surface area is 103 Å². The predicted molar refractivity (Wildman–Crippen MR) is 69.4 cm³/mol. The fourth-order valence-corrected chi connectivity index (χ4v) is 1.60. The van der Waals surface area contributed by atoms with Crippen molar-refractivity contribution in [1.29, 1.82) is 0 Å². The summed E-state index contributed by atoms with van der Waals surface area (Å²) in [6.45, 7) is 7.26. The second kappa shape index (κ2) is 7.84. The van der Waals surface area contributed by atoms with Gasteiger partial charge in [0.2, 0.25) is 5.88 Å². The zero-order valence-corrected chi connectivity index (χ0v) is 10.7. The molecular weight excluding hydrogens is 216 g/mol. The van der Waals surface area contributed by atoms with Crippen molar-refractivity contribution in [3.63, 3.8) is 0 Å². The molecule has 0 spiro atoms. The van der Waals surface area contributed by atoms with E-state index < -0.39 is 0 Å². The summed E-state index contributed by atoms with van der Waals surface area (Å²) in [6, 6.07) is 0. The number of rotatable bonds is 8. The molecule has 0 aliphatic heterocycles. The topological polar surface area (TPSA) is 64.3 Å².